The third kappa shape index (κ3) is 7.59. The minimum atomic E-state index is -0.381. The van der Waals surface area contributed by atoms with Crippen molar-refractivity contribution in [2.75, 3.05) is 13.2 Å². The molecule has 0 aliphatic carbocycles. The molecule has 4 heteroatoms. The van der Waals surface area contributed by atoms with Crippen LogP contribution in [0.25, 0.3) is 5.57 Å². The molecule has 0 aromatic heterocycles. The Morgan fingerprint density at radius 2 is 1.44 bits per heavy atom. The standard InChI is InChI=1S/C23H27NO3/c25-18-21(26)14-8-3-9-17-24-23(27)16-15-22(19-10-4-1-5-11-19)20-12-6-2-7-13-20/h1-2,4-7,10-13,15,25H,3,8-9,14,16-18H2,(H,24,27). The Morgan fingerprint density at radius 1 is 0.852 bits per heavy atom. The second kappa shape index (κ2) is 11.8. The number of hydrogen-bond acceptors (Lipinski definition) is 3. The number of hydrogen-bond donors (Lipinski definition) is 2. The van der Waals surface area contributed by atoms with E-state index in [0.717, 1.165) is 36.0 Å². The third-order valence-corrected chi connectivity index (χ3v) is 4.29. The first-order valence-corrected chi connectivity index (χ1v) is 9.41. The molecule has 142 valence electrons. The molecule has 0 fully saturated rings. The van der Waals surface area contributed by atoms with Crippen LogP contribution in [-0.2, 0) is 9.59 Å². The average molecular weight is 365 g/mol. The summed E-state index contributed by atoms with van der Waals surface area (Å²) in [7, 11) is 0. The van der Waals surface area contributed by atoms with E-state index in [0.29, 0.717) is 19.4 Å². The van der Waals surface area contributed by atoms with E-state index in [4.69, 9.17) is 5.11 Å². The van der Waals surface area contributed by atoms with Crippen molar-refractivity contribution in [2.45, 2.75) is 32.1 Å². The molecule has 27 heavy (non-hydrogen) atoms. The summed E-state index contributed by atoms with van der Waals surface area (Å²) in [5.41, 5.74) is 3.23. The van der Waals surface area contributed by atoms with Crippen LogP contribution in [0.2, 0.25) is 0 Å². The lowest BCUT2D eigenvalue weighted by molar-refractivity contribution is -0.122. The number of benzene rings is 2. The topological polar surface area (TPSA) is 66.4 Å². The quantitative estimate of drug-likeness (QED) is 0.596. The van der Waals surface area contributed by atoms with Crippen molar-refractivity contribution in [3.8, 4) is 0 Å². The summed E-state index contributed by atoms with van der Waals surface area (Å²) in [4.78, 5) is 23.2. The maximum absolute atomic E-state index is 12.2. The number of aliphatic hydroxyl groups is 1. The molecule has 2 N–H and O–H groups in total. The molecule has 4 nitrogen and oxygen atoms in total. The van der Waals surface area contributed by atoms with E-state index >= 15 is 0 Å². The molecule has 0 unspecified atom stereocenters. The highest BCUT2D eigenvalue weighted by Gasteiger charge is 2.06. The Kier molecular flexibility index (Phi) is 9.01. The predicted octanol–water partition coefficient (Wildman–Crippen LogP) is 3.75. The van der Waals surface area contributed by atoms with E-state index in [1.165, 1.54) is 0 Å². The summed E-state index contributed by atoms with van der Waals surface area (Å²) < 4.78 is 0. The van der Waals surface area contributed by atoms with Gasteiger partial charge in [0.25, 0.3) is 0 Å². The van der Waals surface area contributed by atoms with Gasteiger partial charge in [-0.15, -0.1) is 0 Å². The molecule has 0 radical (unpaired) electrons. The summed E-state index contributed by atoms with van der Waals surface area (Å²) >= 11 is 0. The fourth-order valence-electron chi connectivity index (χ4n) is 2.84. The SMILES string of the molecule is O=C(CO)CCCCCNC(=O)CC=C(c1ccccc1)c1ccccc1. The zero-order chi connectivity index (χ0) is 19.3. The number of Topliss-reactive ketones (excluding diaryl/α,β-unsaturated/α-hetero) is 1. The van der Waals surface area contributed by atoms with Crippen LogP contribution >= 0.6 is 0 Å². The van der Waals surface area contributed by atoms with Crippen LogP contribution < -0.4 is 5.32 Å². The van der Waals surface area contributed by atoms with E-state index in [1.807, 2.05) is 66.7 Å². The summed E-state index contributed by atoms with van der Waals surface area (Å²) in [6.45, 7) is 0.222. The molecular weight excluding hydrogens is 338 g/mol. The first-order chi connectivity index (χ1) is 13.2. The average Bonchev–Trinajstić information content (AvgIpc) is 2.72. The van der Waals surface area contributed by atoms with E-state index in [2.05, 4.69) is 5.32 Å². The molecule has 0 saturated heterocycles. The van der Waals surface area contributed by atoms with Crippen LogP contribution in [-0.4, -0.2) is 29.9 Å². The molecule has 0 heterocycles. The van der Waals surface area contributed by atoms with Gasteiger partial charge in [0.15, 0.2) is 5.78 Å². The summed E-state index contributed by atoms with van der Waals surface area (Å²) in [6.07, 6.45) is 5.15. The molecular formula is C23H27NO3. The summed E-state index contributed by atoms with van der Waals surface area (Å²) in [5.74, 6) is -0.135. The van der Waals surface area contributed by atoms with Crippen LogP contribution in [0.4, 0.5) is 0 Å². The van der Waals surface area contributed by atoms with Crippen molar-refractivity contribution in [3.05, 3.63) is 77.9 Å². The van der Waals surface area contributed by atoms with Crippen molar-refractivity contribution in [3.63, 3.8) is 0 Å². The number of nitrogens with one attached hydrogen (secondary N) is 1. The monoisotopic (exact) mass is 365 g/mol. The smallest absolute Gasteiger partial charge is 0.223 e. The molecule has 0 aliphatic heterocycles. The molecule has 0 bridgehead atoms. The van der Waals surface area contributed by atoms with Crippen molar-refractivity contribution in [1.29, 1.82) is 0 Å². The van der Waals surface area contributed by atoms with Gasteiger partial charge in [0.2, 0.25) is 5.91 Å². The number of rotatable bonds is 11. The zero-order valence-corrected chi connectivity index (χ0v) is 15.6. The molecule has 0 atom stereocenters. The van der Waals surface area contributed by atoms with E-state index < -0.39 is 0 Å². The molecule has 0 spiro atoms. The first kappa shape index (κ1) is 20.6. The first-order valence-electron chi connectivity index (χ1n) is 9.41. The number of unbranched alkanes of at least 4 members (excludes halogenated alkanes) is 2. The number of carbonyl (C=O) groups is 2. The molecule has 0 aliphatic rings. The van der Waals surface area contributed by atoms with Crippen molar-refractivity contribution < 1.29 is 14.7 Å². The van der Waals surface area contributed by atoms with Crippen molar-refractivity contribution >= 4 is 17.3 Å². The Labute approximate surface area is 160 Å². The number of ketones is 1. The highest BCUT2D eigenvalue weighted by Crippen LogP contribution is 2.23. The number of carbonyl (C=O) groups excluding carboxylic acids is 2. The second-order valence-corrected chi connectivity index (χ2v) is 6.41. The van der Waals surface area contributed by atoms with Crippen LogP contribution in [0.15, 0.2) is 66.7 Å². The molecule has 2 aromatic rings. The molecule has 0 saturated carbocycles. The predicted molar refractivity (Wildman–Crippen MR) is 108 cm³/mol. The van der Waals surface area contributed by atoms with Gasteiger partial charge in [0.05, 0.1) is 0 Å². The third-order valence-electron chi connectivity index (χ3n) is 4.29. The van der Waals surface area contributed by atoms with Gasteiger partial charge < -0.3 is 10.4 Å². The zero-order valence-electron chi connectivity index (χ0n) is 15.6. The van der Waals surface area contributed by atoms with Gasteiger partial charge in [0.1, 0.15) is 6.61 Å². The Morgan fingerprint density at radius 3 is 2.00 bits per heavy atom. The lowest BCUT2D eigenvalue weighted by Gasteiger charge is -2.09. The van der Waals surface area contributed by atoms with Gasteiger partial charge in [-0.3, -0.25) is 9.59 Å². The van der Waals surface area contributed by atoms with Gasteiger partial charge in [-0.25, -0.2) is 0 Å². The van der Waals surface area contributed by atoms with Gasteiger partial charge in [-0.1, -0.05) is 73.2 Å². The van der Waals surface area contributed by atoms with E-state index in [1.54, 1.807) is 0 Å². The van der Waals surface area contributed by atoms with Crippen molar-refractivity contribution in [2.24, 2.45) is 0 Å². The van der Waals surface area contributed by atoms with Crippen LogP contribution in [0, 0.1) is 0 Å². The van der Waals surface area contributed by atoms with Gasteiger partial charge in [-0.05, 0) is 29.5 Å². The Balaban J connectivity index is 1.85. The second-order valence-electron chi connectivity index (χ2n) is 6.41. The lowest BCUT2D eigenvalue weighted by atomic mass is 9.97. The fourth-order valence-corrected chi connectivity index (χ4v) is 2.84. The van der Waals surface area contributed by atoms with Crippen molar-refractivity contribution in [1.82, 2.24) is 5.32 Å². The van der Waals surface area contributed by atoms with Gasteiger partial charge in [0, 0.05) is 19.4 Å². The fraction of sp³-hybridized carbons (Fsp3) is 0.304. The highest BCUT2D eigenvalue weighted by atomic mass is 16.3. The van der Waals surface area contributed by atoms with Gasteiger partial charge >= 0.3 is 0 Å². The molecule has 2 rings (SSSR count). The Hall–Kier alpha value is -2.72. The summed E-state index contributed by atoms with van der Waals surface area (Å²) in [5, 5.41) is 11.6. The molecule has 2 aromatic carbocycles. The highest BCUT2D eigenvalue weighted by molar-refractivity contribution is 5.85. The number of amides is 1. The molecule has 1 amide bonds. The van der Waals surface area contributed by atoms with Crippen LogP contribution in [0.5, 0.6) is 0 Å². The lowest BCUT2D eigenvalue weighted by Crippen LogP contribution is -2.23. The maximum atomic E-state index is 12.2. The normalized spacial score (nSPS) is 10.3. The minimum absolute atomic E-state index is 0.00852. The van der Waals surface area contributed by atoms with E-state index in [9.17, 15) is 9.59 Å². The van der Waals surface area contributed by atoms with E-state index in [-0.39, 0.29) is 18.3 Å². The van der Waals surface area contributed by atoms with Crippen LogP contribution in [0.1, 0.15) is 43.2 Å². The number of aliphatic hydroxyl groups excluding tert-OH is 1. The maximum Gasteiger partial charge on any atom is 0.223 e. The van der Waals surface area contributed by atoms with Gasteiger partial charge in [-0.2, -0.15) is 0 Å². The van der Waals surface area contributed by atoms with Crippen LogP contribution in [0.3, 0.4) is 0 Å². The largest absolute Gasteiger partial charge is 0.389 e. The summed E-state index contributed by atoms with van der Waals surface area (Å²) in [6, 6.07) is 20.1. The minimum Gasteiger partial charge on any atom is -0.389 e. The Bertz CT molecular complexity index is 697.